The Hall–Kier alpha value is -3.56. The number of hydrogen-bond acceptors (Lipinski definition) is 5. The zero-order valence-electron chi connectivity index (χ0n) is 22.5. The van der Waals surface area contributed by atoms with Crippen LogP contribution in [0.4, 0.5) is 5.69 Å². The van der Waals surface area contributed by atoms with Gasteiger partial charge in [-0.05, 0) is 68.3 Å². The molecular weight excluding hydrogens is 538 g/mol. The van der Waals surface area contributed by atoms with Crippen LogP contribution in [-0.2, 0) is 26.2 Å². The Morgan fingerprint density at radius 2 is 1.67 bits per heavy atom. The monoisotopic (exact) mass is 571 g/mol. The van der Waals surface area contributed by atoms with Gasteiger partial charge in [-0.3, -0.25) is 13.9 Å². The van der Waals surface area contributed by atoms with Crippen molar-refractivity contribution in [2.75, 3.05) is 18.0 Å². The maximum Gasteiger partial charge on any atom is 0.264 e. The van der Waals surface area contributed by atoms with Crippen molar-refractivity contribution in [3.63, 3.8) is 0 Å². The van der Waals surface area contributed by atoms with E-state index >= 15 is 0 Å². The first-order valence-electron chi connectivity index (χ1n) is 12.6. The lowest BCUT2D eigenvalue weighted by Gasteiger charge is -2.33. The van der Waals surface area contributed by atoms with Crippen molar-refractivity contribution in [1.29, 1.82) is 0 Å². The van der Waals surface area contributed by atoms with Gasteiger partial charge in [-0.2, -0.15) is 0 Å². The predicted octanol–water partition coefficient (Wildman–Crippen LogP) is 4.88. The van der Waals surface area contributed by atoms with E-state index in [1.807, 2.05) is 26.8 Å². The minimum absolute atomic E-state index is 0.0294. The molecule has 0 unspecified atom stereocenters. The van der Waals surface area contributed by atoms with Crippen LogP contribution >= 0.6 is 11.6 Å². The first-order valence-corrected chi connectivity index (χ1v) is 14.4. The zero-order valence-corrected chi connectivity index (χ0v) is 24.1. The van der Waals surface area contributed by atoms with E-state index in [4.69, 9.17) is 16.3 Å². The molecule has 1 atom stereocenters. The van der Waals surface area contributed by atoms with Gasteiger partial charge in [0.05, 0.1) is 17.7 Å². The average molecular weight is 572 g/mol. The molecule has 0 aliphatic rings. The van der Waals surface area contributed by atoms with Crippen molar-refractivity contribution < 1.29 is 22.7 Å². The number of rotatable bonds is 12. The quantitative estimate of drug-likeness (QED) is 0.334. The molecule has 0 aromatic heterocycles. The van der Waals surface area contributed by atoms with Crippen molar-refractivity contribution in [3.8, 4) is 5.75 Å². The van der Waals surface area contributed by atoms with Crippen LogP contribution in [0.1, 0.15) is 32.8 Å². The topological polar surface area (TPSA) is 96.0 Å². The number of carbonyl (C=O) groups is 2. The Balaban J connectivity index is 2.06. The van der Waals surface area contributed by atoms with E-state index in [-0.39, 0.29) is 29.1 Å². The summed E-state index contributed by atoms with van der Waals surface area (Å²) >= 11 is 6.20. The van der Waals surface area contributed by atoms with E-state index in [2.05, 4.69) is 5.32 Å². The summed E-state index contributed by atoms with van der Waals surface area (Å²) in [6.45, 7) is 5.03. The summed E-state index contributed by atoms with van der Waals surface area (Å²) in [6, 6.07) is 20.4. The fraction of sp³-hybridized carbons (Fsp3) is 0.310. The first-order chi connectivity index (χ1) is 18.6. The molecule has 10 heteroatoms. The third kappa shape index (κ3) is 7.74. The van der Waals surface area contributed by atoms with Crippen molar-refractivity contribution in [2.45, 2.75) is 50.7 Å². The van der Waals surface area contributed by atoms with Crippen LogP contribution in [0.25, 0.3) is 0 Å². The molecule has 0 heterocycles. The molecule has 0 spiro atoms. The number of sulfonamides is 1. The van der Waals surface area contributed by atoms with Gasteiger partial charge in [0.15, 0.2) is 0 Å². The zero-order chi connectivity index (χ0) is 28.6. The maximum absolute atomic E-state index is 14.0. The van der Waals surface area contributed by atoms with E-state index in [1.54, 1.807) is 61.7 Å². The minimum Gasteiger partial charge on any atom is -0.497 e. The molecule has 39 heavy (non-hydrogen) atoms. The molecule has 0 saturated carbocycles. The number of hydrogen-bond donors (Lipinski definition) is 1. The predicted molar refractivity (Wildman–Crippen MR) is 153 cm³/mol. The van der Waals surface area contributed by atoms with Crippen LogP contribution in [-0.4, -0.2) is 50.9 Å². The Labute approximate surface area is 235 Å². The Morgan fingerprint density at radius 1 is 0.974 bits per heavy atom. The molecule has 0 aliphatic heterocycles. The molecule has 0 bridgehead atoms. The highest BCUT2D eigenvalue weighted by molar-refractivity contribution is 7.92. The minimum atomic E-state index is -4.15. The Kier molecular flexibility index (Phi) is 10.4. The summed E-state index contributed by atoms with van der Waals surface area (Å²) in [4.78, 5) is 28.6. The van der Waals surface area contributed by atoms with Gasteiger partial charge in [-0.25, -0.2) is 8.42 Å². The normalized spacial score (nSPS) is 12.1. The molecule has 0 saturated heterocycles. The molecule has 0 radical (unpaired) electrons. The molecule has 208 valence electrons. The van der Waals surface area contributed by atoms with E-state index < -0.39 is 28.5 Å². The number of anilines is 1. The van der Waals surface area contributed by atoms with Gasteiger partial charge in [0, 0.05) is 17.6 Å². The average Bonchev–Trinajstić information content (AvgIpc) is 2.91. The second kappa shape index (κ2) is 13.5. The SMILES string of the molecule is CC[C@H](C(=O)NC(C)C)N(Cc1cccc(OC)c1)C(=O)CN(c1cccc(Cl)c1)S(=O)(=O)c1ccccc1. The Morgan fingerprint density at radius 3 is 2.28 bits per heavy atom. The van der Waals surface area contributed by atoms with Crippen LogP contribution in [0.3, 0.4) is 0 Å². The number of methoxy groups -OCH3 is 1. The second-order valence-corrected chi connectivity index (χ2v) is 11.6. The van der Waals surface area contributed by atoms with Gasteiger partial charge in [0.25, 0.3) is 10.0 Å². The molecule has 0 fully saturated rings. The number of benzene rings is 3. The molecule has 0 aliphatic carbocycles. The molecular formula is C29H34ClN3O5S. The van der Waals surface area contributed by atoms with Crippen molar-refractivity contribution in [1.82, 2.24) is 10.2 Å². The van der Waals surface area contributed by atoms with Crippen molar-refractivity contribution in [2.24, 2.45) is 0 Å². The highest BCUT2D eigenvalue weighted by Crippen LogP contribution is 2.27. The highest BCUT2D eigenvalue weighted by atomic mass is 35.5. The van der Waals surface area contributed by atoms with Gasteiger partial charge in [-0.1, -0.05) is 54.9 Å². The maximum atomic E-state index is 14.0. The molecule has 8 nitrogen and oxygen atoms in total. The highest BCUT2D eigenvalue weighted by Gasteiger charge is 2.34. The standard InChI is InChI=1S/C29H34ClN3O5S/c1-5-27(29(35)31-21(2)3)32(19-22-11-9-14-25(17-22)38-4)28(34)20-33(24-13-10-12-23(30)18-24)39(36,37)26-15-7-6-8-16-26/h6-18,21,27H,5,19-20H2,1-4H3,(H,31,35)/t27-/m1/s1. The second-order valence-electron chi connectivity index (χ2n) is 9.27. The number of ether oxygens (including phenoxy) is 1. The summed E-state index contributed by atoms with van der Waals surface area (Å²) in [7, 11) is -2.60. The molecule has 3 rings (SSSR count). The van der Waals surface area contributed by atoms with E-state index in [1.165, 1.54) is 23.1 Å². The van der Waals surface area contributed by atoms with Crippen LogP contribution in [0.2, 0.25) is 5.02 Å². The molecule has 3 aromatic carbocycles. The third-order valence-corrected chi connectivity index (χ3v) is 8.03. The number of carbonyl (C=O) groups excluding carboxylic acids is 2. The molecule has 3 aromatic rings. The lowest BCUT2D eigenvalue weighted by molar-refractivity contribution is -0.140. The first kappa shape index (κ1) is 30.0. The summed E-state index contributed by atoms with van der Waals surface area (Å²) in [5.41, 5.74) is 0.972. The van der Waals surface area contributed by atoms with Crippen molar-refractivity contribution >= 4 is 39.1 Å². The van der Waals surface area contributed by atoms with Gasteiger partial charge in [0.2, 0.25) is 11.8 Å². The van der Waals surface area contributed by atoms with Crippen LogP contribution < -0.4 is 14.4 Å². The van der Waals surface area contributed by atoms with E-state index in [0.29, 0.717) is 17.2 Å². The fourth-order valence-corrected chi connectivity index (χ4v) is 5.76. The third-order valence-electron chi connectivity index (χ3n) is 6.01. The van der Waals surface area contributed by atoms with Gasteiger partial charge in [0.1, 0.15) is 18.3 Å². The fourth-order valence-electron chi connectivity index (χ4n) is 4.15. The number of amides is 2. The largest absolute Gasteiger partial charge is 0.497 e. The molecule has 2 amide bonds. The summed E-state index contributed by atoms with van der Waals surface area (Å²) in [5, 5.41) is 3.20. The smallest absolute Gasteiger partial charge is 0.264 e. The summed E-state index contributed by atoms with van der Waals surface area (Å²) in [6.07, 6.45) is 0.330. The van der Waals surface area contributed by atoms with Gasteiger partial charge in [-0.15, -0.1) is 0 Å². The van der Waals surface area contributed by atoms with Crippen molar-refractivity contribution in [3.05, 3.63) is 89.4 Å². The lowest BCUT2D eigenvalue weighted by Crippen LogP contribution is -2.53. The lowest BCUT2D eigenvalue weighted by atomic mass is 10.1. The number of nitrogens with one attached hydrogen (secondary N) is 1. The Bertz CT molecular complexity index is 1380. The van der Waals surface area contributed by atoms with Gasteiger partial charge < -0.3 is 15.0 Å². The van der Waals surface area contributed by atoms with Crippen LogP contribution in [0.15, 0.2) is 83.8 Å². The van der Waals surface area contributed by atoms with Gasteiger partial charge >= 0.3 is 0 Å². The van der Waals surface area contributed by atoms with E-state index in [9.17, 15) is 18.0 Å². The summed E-state index contributed by atoms with van der Waals surface area (Å²) in [5.74, 6) is -0.251. The summed E-state index contributed by atoms with van der Waals surface area (Å²) < 4.78 is 33.9. The number of nitrogens with zero attached hydrogens (tertiary/aromatic N) is 2. The number of halogens is 1. The van der Waals surface area contributed by atoms with Crippen LogP contribution in [0.5, 0.6) is 5.75 Å². The van der Waals surface area contributed by atoms with E-state index in [0.717, 1.165) is 9.87 Å². The van der Waals surface area contributed by atoms with Crippen LogP contribution in [0, 0.1) is 0 Å². The molecule has 1 N–H and O–H groups in total.